The lowest BCUT2D eigenvalue weighted by molar-refractivity contribution is 0.0696. The Labute approximate surface area is 85.7 Å². The van der Waals surface area contributed by atoms with Crippen LogP contribution in [-0.4, -0.2) is 38.3 Å². The number of thioether (sulfide) groups is 1. The van der Waals surface area contributed by atoms with Gasteiger partial charge in [-0.3, -0.25) is 4.68 Å². The molecule has 1 rings (SSSR count). The number of hydrogen-bond acceptors (Lipinski definition) is 4. The standard InChI is InChI=1S/C8H12N2O3S/c1-10-7(5-14-3-2-11)6(4-9-10)8(12)13/h4,11H,2-3,5H2,1H3,(H,12,13). The fraction of sp³-hybridized carbons (Fsp3) is 0.500. The van der Waals surface area contributed by atoms with Crippen molar-refractivity contribution in [3.63, 3.8) is 0 Å². The first-order valence-corrected chi connectivity index (χ1v) is 5.25. The minimum absolute atomic E-state index is 0.102. The summed E-state index contributed by atoms with van der Waals surface area (Å²) in [6, 6.07) is 0. The number of aromatic carboxylic acids is 1. The van der Waals surface area contributed by atoms with E-state index in [0.29, 0.717) is 17.2 Å². The van der Waals surface area contributed by atoms with Crippen molar-refractivity contribution in [1.82, 2.24) is 9.78 Å². The van der Waals surface area contributed by atoms with Gasteiger partial charge in [-0.05, 0) is 0 Å². The van der Waals surface area contributed by atoms with E-state index >= 15 is 0 Å². The lowest BCUT2D eigenvalue weighted by Crippen LogP contribution is -2.04. The maximum absolute atomic E-state index is 10.8. The molecule has 0 saturated carbocycles. The van der Waals surface area contributed by atoms with Crippen LogP contribution in [0.4, 0.5) is 0 Å². The fourth-order valence-corrected chi connectivity index (χ4v) is 1.86. The van der Waals surface area contributed by atoms with Crippen LogP contribution in [0.25, 0.3) is 0 Å². The molecule has 0 aromatic carbocycles. The number of hydrogen-bond donors (Lipinski definition) is 2. The third-order valence-corrected chi connectivity index (χ3v) is 2.72. The zero-order chi connectivity index (χ0) is 10.6. The Balaban J connectivity index is 2.72. The SMILES string of the molecule is Cn1ncc(C(=O)O)c1CSCCO. The summed E-state index contributed by atoms with van der Waals surface area (Å²) in [7, 11) is 1.71. The first kappa shape index (κ1) is 11.1. The van der Waals surface area contributed by atoms with Crippen molar-refractivity contribution in [3.8, 4) is 0 Å². The van der Waals surface area contributed by atoms with Gasteiger partial charge >= 0.3 is 5.97 Å². The molecule has 1 heterocycles. The van der Waals surface area contributed by atoms with Crippen molar-refractivity contribution in [2.75, 3.05) is 12.4 Å². The molecule has 0 aliphatic rings. The largest absolute Gasteiger partial charge is 0.478 e. The molecule has 0 atom stereocenters. The molecule has 0 aliphatic carbocycles. The zero-order valence-electron chi connectivity index (χ0n) is 7.80. The van der Waals surface area contributed by atoms with Crippen LogP contribution in [0.5, 0.6) is 0 Å². The molecule has 0 fully saturated rings. The Bertz CT molecular complexity index is 324. The second-order valence-electron chi connectivity index (χ2n) is 2.71. The molecule has 0 radical (unpaired) electrons. The number of carboxylic acids is 1. The highest BCUT2D eigenvalue weighted by Crippen LogP contribution is 2.15. The Morgan fingerprint density at radius 2 is 2.43 bits per heavy atom. The highest BCUT2D eigenvalue weighted by molar-refractivity contribution is 7.98. The normalized spacial score (nSPS) is 10.4. The van der Waals surface area contributed by atoms with Crippen molar-refractivity contribution in [3.05, 3.63) is 17.5 Å². The predicted octanol–water partition coefficient (Wildman–Crippen LogP) is 0.344. The van der Waals surface area contributed by atoms with Gasteiger partial charge in [-0.15, -0.1) is 0 Å². The number of rotatable bonds is 5. The smallest absolute Gasteiger partial charge is 0.339 e. The third-order valence-electron chi connectivity index (χ3n) is 1.77. The van der Waals surface area contributed by atoms with Crippen LogP contribution < -0.4 is 0 Å². The number of aliphatic hydroxyl groups excluding tert-OH is 1. The van der Waals surface area contributed by atoms with Gasteiger partial charge in [0.25, 0.3) is 0 Å². The highest BCUT2D eigenvalue weighted by atomic mass is 32.2. The van der Waals surface area contributed by atoms with E-state index in [4.69, 9.17) is 10.2 Å². The minimum Gasteiger partial charge on any atom is -0.478 e. The molecule has 14 heavy (non-hydrogen) atoms. The fourth-order valence-electron chi connectivity index (χ4n) is 1.05. The summed E-state index contributed by atoms with van der Waals surface area (Å²) >= 11 is 1.48. The zero-order valence-corrected chi connectivity index (χ0v) is 8.62. The minimum atomic E-state index is -0.960. The van der Waals surface area contributed by atoms with Gasteiger partial charge in [0.15, 0.2) is 0 Å². The van der Waals surface area contributed by atoms with Crippen LogP contribution in [0.3, 0.4) is 0 Å². The van der Waals surface area contributed by atoms with E-state index in [2.05, 4.69) is 5.10 Å². The summed E-state index contributed by atoms with van der Waals surface area (Å²) in [4.78, 5) is 10.8. The molecule has 0 bridgehead atoms. The average Bonchev–Trinajstić information content (AvgIpc) is 2.48. The molecule has 2 N–H and O–H groups in total. The number of aromatic nitrogens is 2. The van der Waals surface area contributed by atoms with E-state index in [0.717, 1.165) is 0 Å². The van der Waals surface area contributed by atoms with Gasteiger partial charge in [-0.2, -0.15) is 16.9 Å². The molecule has 0 unspecified atom stereocenters. The number of carboxylic acid groups (broad SMARTS) is 1. The van der Waals surface area contributed by atoms with Crippen LogP contribution in [-0.2, 0) is 12.8 Å². The van der Waals surface area contributed by atoms with Gasteiger partial charge in [0.1, 0.15) is 5.56 Å². The molecule has 5 nitrogen and oxygen atoms in total. The average molecular weight is 216 g/mol. The predicted molar refractivity (Wildman–Crippen MR) is 53.4 cm³/mol. The van der Waals surface area contributed by atoms with Gasteiger partial charge in [0.05, 0.1) is 18.5 Å². The van der Waals surface area contributed by atoms with Gasteiger partial charge in [0.2, 0.25) is 0 Å². The van der Waals surface area contributed by atoms with Gasteiger partial charge in [0, 0.05) is 18.6 Å². The number of aryl methyl sites for hydroxylation is 1. The van der Waals surface area contributed by atoms with Gasteiger partial charge < -0.3 is 10.2 Å². The maximum atomic E-state index is 10.8. The second-order valence-corrected chi connectivity index (χ2v) is 3.82. The Morgan fingerprint density at radius 3 is 3.00 bits per heavy atom. The monoisotopic (exact) mass is 216 g/mol. The summed E-state index contributed by atoms with van der Waals surface area (Å²) in [5.74, 6) is 0.195. The highest BCUT2D eigenvalue weighted by Gasteiger charge is 2.14. The topological polar surface area (TPSA) is 75.4 Å². The Morgan fingerprint density at radius 1 is 1.71 bits per heavy atom. The first-order chi connectivity index (χ1) is 6.66. The Hall–Kier alpha value is -1.01. The summed E-state index contributed by atoms with van der Waals surface area (Å²) in [5, 5.41) is 21.3. The van der Waals surface area contributed by atoms with Crippen LogP contribution >= 0.6 is 11.8 Å². The summed E-state index contributed by atoms with van der Waals surface area (Å²) in [5.41, 5.74) is 0.911. The number of carbonyl (C=O) groups is 1. The first-order valence-electron chi connectivity index (χ1n) is 4.09. The van der Waals surface area contributed by atoms with Crippen LogP contribution in [0.1, 0.15) is 16.1 Å². The van der Waals surface area contributed by atoms with Crippen LogP contribution in [0.15, 0.2) is 6.20 Å². The summed E-state index contributed by atoms with van der Waals surface area (Å²) < 4.78 is 1.55. The third kappa shape index (κ3) is 2.49. The molecule has 78 valence electrons. The van der Waals surface area contributed by atoms with Gasteiger partial charge in [-0.1, -0.05) is 0 Å². The molecule has 0 amide bonds. The number of nitrogens with zero attached hydrogens (tertiary/aromatic N) is 2. The second kappa shape index (κ2) is 5.02. The van der Waals surface area contributed by atoms with E-state index < -0.39 is 5.97 Å². The van der Waals surface area contributed by atoms with Crippen molar-refractivity contribution in [2.24, 2.45) is 7.05 Å². The molecule has 0 saturated heterocycles. The molecule has 0 spiro atoms. The summed E-state index contributed by atoms with van der Waals surface area (Å²) in [6.07, 6.45) is 1.34. The van der Waals surface area contributed by atoms with E-state index in [1.165, 1.54) is 18.0 Å². The molecule has 0 aliphatic heterocycles. The van der Waals surface area contributed by atoms with E-state index in [1.807, 2.05) is 0 Å². The van der Waals surface area contributed by atoms with Crippen LogP contribution in [0, 0.1) is 0 Å². The van der Waals surface area contributed by atoms with Crippen molar-refractivity contribution >= 4 is 17.7 Å². The quantitative estimate of drug-likeness (QED) is 0.694. The lowest BCUT2D eigenvalue weighted by Gasteiger charge is -2.02. The molecule has 1 aromatic heterocycles. The molecular formula is C8H12N2O3S. The van der Waals surface area contributed by atoms with Crippen molar-refractivity contribution in [1.29, 1.82) is 0 Å². The number of aliphatic hydroxyl groups is 1. The lowest BCUT2D eigenvalue weighted by atomic mass is 10.3. The van der Waals surface area contributed by atoms with E-state index in [1.54, 1.807) is 11.7 Å². The molecule has 6 heteroatoms. The summed E-state index contributed by atoms with van der Waals surface area (Å²) in [6.45, 7) is 0.102. The van der Waals surface area contributed by atoms with Crippen molar-refractivity contribution in [2.45, 2.75) is 5.75 Å². The molecular weight excluding hydrogens is 204 g/mol. The van der Waals surface area contributed by atoms with Gasteiger partial charge in [-0.25, -0.2) is 4.79 Å². The maximum Gasteiger partial charge on any atom is 0.339 e. The van der Waals surface area contributed by atoms with Crippen LogP contribution in [0.2, 0.25) is 0 Å². The van der Waals surface area contributed by atoms with Crippen molar-refractivity contribution < 1.29 is 15.0 Å². The van der Waals surface area contributed by atoms with E-state index in [-0.39, 0.29) is 12.2 Å². The van der Waals surface area contributed by atoms with E-state index in [9.17, 15) is 4.79 Å². The molecule has 1 aromatic rings. The Kier molecular flexibility index (Phi) is 3.97.